The van der Waals surface area contributed by atoms with Gasteiger partial charge in [-0.25, -0.2) is 8.42 Å². The van der Waals surface area contributed by atoms with Crippen LogP contribution in [0.1, 0.15) is 20.3 Å². The lowest BCUT2D eigenvalue weighted by Crippen LogP contribution is -3.19. The van der Waals surface area contributed by atoms with E-state index in [1.807, 2.05) is 32.0 Å². The monoisotopic (exact) mass is 410 g/mol. The molecule has 0 radical (unpaired) electrons. The smallest absolute Gasteiger partial charge is 0.280 e. The van der Waals surface area contributed by atoms with Gasteiger partial charge in [0.2, 0.25) is 0 Å². The number of likely N-dealkylation sites (N-methyl/N-ethyl adjacent to an activating group) is 1. The molecule has 0 unspecified atom stereocenters. The maximum atomic E-state index is 12.9. The Labute approximate surface area is 168 Å². The molecule has 2 fully saturated rings. The Morgan fingerprint density at radius 1 is 1.32 bits per heavy atom. The molecule has 2 aliphatic heterocycles. The molecule has 2 saturated heterocycles. The summed E-state index contributed by atoms with van der Waals surface area (Å²) < 4.78 is 29.2. The molecule has 156 valence electrons. The molecule has 8 heteroatoms. The van der Waals surface area contributed by atoms with Crippen LogP contribution in [0.3, 0.4) is 0 Å². The van der Waals surface area contributed by atoms with Gasteiger partial charge in [-0.05, 0) is 32.4 Å². The normalized spacial score (nSPS) is 23.4. The van der Waals surface area contributed by atoms with E-state index in [9.17, 15) is 13.2 Å². The molecule has 28 heavy (non-hydrogen) atoms. The number of quaternary nitrogens is 1. The van der Waals surface area contributed by atoms with E-state index >= 15 is 0 Å². The van der Waals surface area contributed by atoms with Crippen LogP contribution in [0.4, 0.5) is 5.69 Å². The first-order chi connectivity index (χ1) is 13.3. The Kier molecular flexibility index (Phi) is 6.50. The second-order valence-corrected chi connectivity index (χ2v) is 10.0. The fourth-order valence-corrected chi connectivity index (χ4v) is 5.98. The molecule has 0 bridgehead atoms. The van der Waals surface area contributed by atoms with E-state index in [-0.39, 0.29) is 29.5 Å². The van der Waals surface area contributed by atoms with Crippen molar-refractivity contribution in [1.82, 2.24) is 4.90 Å². The molecule has 2 heterocycles. The number of carbonyl (C=O) groups is 1. The lowest BCUT2D eigenvalue weighted by molar-refractivity contribution is -0.915. The van der Waals surface area contributed by atoms with Gasteiger partial charge in [0.15, 0.2) is 15.9 Å². The first kappa shape index (κ1) is 20.9. The summed E-state index contributed by atoms with van der Waals surface area (Å²) >= 11 is 0. The molecule has 1 amide bonds. The van der Waals surface area contributed by atoms with E-state index in [2.05, 4.69) is 11.0 Å². The molecular formula is C20H32N3O4S+. The summed E-state index contributed by atoms with van der Waals surface area (Å²) in [6.07, 6.45) is 0.550. The minimum Gasteiger partial charge on any atom is -0.492 e. The number of benzene rings is 1. The van der Waals surface area contributed by atoms with E-state index in [1.165, 1.54) is 4.90 Å². The zero-order valence-corrected chi connectivity index (χ0v) is 17.9. The average molecular weight is 411 g/mol. The SMILES string of the molecule is CCOc1ccccc1N1CC[NH+]([C@@H](C)C(=O)N(C)[C@@H]2CCS(=O)(=O)C2)CC1. The first-order valence-electron chi connectivity index (χ1n) is 10.1. The van der Waals surface area contributed by atoms with Crippen LogP contribution in [-0.2, 0) is 14.6 Å². The third-order valence-electron chi connectivity index (χ3n) is 6.00. The highest BCUT2D eigenvalue weighted by atomic mass is 32.2. The van der Waals surface area contributed by atoms with E-state index in [4.69, 9.17) is 4.74 Å². The zero-order valence-electron chi connectivity index (χ0n) is 17.1. The van der Waals surface area contributed by atoms with Gasteiger partial charge in [0.1, 0.15) is 5.75 Å². The van der Waals surface area contributed by atoms with Crippen LogP contribution in [0.25, 0.3) is 0 Å². The Morgan fingerprint density at radius 3 is 2.61 bits per heavy atom. The van der Waals surface area contributed by atoms with Crippen LogP contribution in [0.2, 0.25) is 0 Å². The lowest BCUT2D eigenvalue weighted by atomic mass is 10.1. The summed E-state index contributed by atoms with van der Waals surface area (Å²) in [7, 11) is -1.24. The largest absolute Gasteiger partial charge is 0.492 e. The van der Waals surface area contributed by atoms with Gasteiger partial charge in [0, 0.05) is 13.1 Å². The van der Waals surface area contributed by atoms with Crippen LogP contribution in [0, 0.1) is 0 Å². The molecule has 1 N–H and O–H groups in total. The Bertz CT molecular complexity index is 790. The molecule has 0 saturated carbocycles. The molecule has 3 rings (SSSR count). The van der Waals surface area contributed by atoms with E-state index in [0.717, 1.165) is 37.6 Å². The number of carbonyl (C=O) groups excluding carboxylic acids is 1. The second-order valence-electron chi connectivity index (χ2n) is 7.77. The average Bonchev–Trinajstić information content (AvgIpc) is 3.07. The fourth-order valence-electron chi connectivity index (χ4n) is 4.20. The van der Waals surface area contributed by atoms with Crippen molar-refractivity contribution in [3.8, 4) is 5.75 Å². The predicted octanol–water partition coefficient (Wildman–Crippen LogP) is -0.176. The highest BCUT2D eigenvalue weighted by Crippen LogP contribution is 2.27. The van der Waals surface area contributed by atoms with Gasteiger partial charge in [-0.3, -0.25) is 4.79 Å². The quantitative estimate of drug-likeness (QED) is 0.705. The molecule has 2 aliphatic rings. The summed E-state index contributed by atoms with van der Waals surface area (Å²) in [6, 6.07) is 7.73. The highest BCUT2D eigenvalue weighted by Gasteiger charge is 2.37. The predicted molar refractivity (Wildman–Crippen MR) is 110 cm³/mol. The molecule has 7 nitrogen and oxygen atoms in total. The van der Waals surface area contributed by atoms with Crippen LogP contribution < -0.4 is 14.5 Å². The number of ether oxygens (including phenoxy) is 1. The summed E-state index contributed by atoms with van der Waals surface area (Å²) in [5, 5.41) is 0. The lowest BCUT2D eigenvalue weighted by Gasteiger charge is -2.38. The molecule has 0 aromatic heterocycles. The number of para-hydroxylation sites is 2. The number of anilines is 1. The van der Waals surface area contributed by atoms with Crippen molar-refractivity contribution in [3.05, 3.63) is 24.3 Å². The number of hydrogen-bond acceptors (Lipinski definition) is 5. The minimum absolute atomic E-state index is 0.0419. The number of amides is 1. The van der Waals surface area contributed by atoms with E-state index in [1.54, 1.807) is 11.9 Å². The van der Waals surface area contributed by atoms with Crippen LogP contribution in [0.15, 0.2) is 24.3 Å². The van der Waals surface area contributed by atoms with Crippen LogP contribution in [-0.4, -0.2) is 82.6 Å². The molecule has 0 aliphatic carbocycles. The molecule has 2 atom stereocenters. The molecule has 1 aromatic carbocycles. The highest BCUT2D eigenvalue weighted by molar-refractivity contribution is 7.91. The van der Waals surface area contributed by atoms with Crippen molar-refractivity contribution in [1.29, 1.82) is 0 Å². The van der Waals surface area contributed by atoms with Crippen LogP contribution >= 0.6 is 0 Å². The summed E-state index contributed by atoms with van der Waals surface area (Å²) in [5.74, 6) is 1.23. The number of hydrogen-bond donors (Lipinski definition) is 1. The Morgan fingerprint density at radius 2 is 2.00 bits per heavy atom. The fraction of sp³-hybridized carbons (Fsp3) is 0.650. The molecular weight excluding hydrogens is 378 g/mol. The summed E-state index contributed by atoms with van der Waals surface area (Å²) in [5.41, 5.74) is 1.11. The number of piperazine rings is 1. The van der Waals surface area contributed by atoms with Crippen molar-refractivity contribution in [2.75, 3.05) is 56.2 Å². The minimum atomic E-state index is -2.99. The maximum absolute atomic E-state index is 12.9. The third-order valence-corrected chi connectivity index (χ3v) is 7.75. The summed E-state index contributed by atoms with van der Waals surface area (Å²) in [4.78, 5) is 18.1. The van der Waals surface area contributed by atoms with Crippen molar-refractivity contribution < 1.29 is 22.8 Å². The Hall–Kier alpha value is -1.80. The first-order valence-corrected chi connectivity index (χ1v) is 11.9. The third kappa shape index (κ3) is 4.60. The van der Waals surface area contributed by atoms with Gasteiger partial charge in [-0.2, -0.15) is 0 Å². The van der Waals surface area contributed by atoms with Crippen molar-refractivity contribution in [2.45, 2.75) is 32.4 Å². The van der Waals surface area contributed by atoms with Gasteiger partial charge >= 0.3 is 0 Å². The topological polar surface area (TPSA) is 71.4 Å². The summed E-state index contributed by atoms with van der Waals surface area (Å²) in [6.45, 7) is 8.03. The Balaban J connectivity index is 1.58. The number of nitrogens with zero attached hydrogens (tertiary/aromatic N) is 2. The van der Waals surface area contributed by atoms with Crippen LogP contribution in [0.5, 0.6) is 5.75 Å². The van der Waals surface area contributed by atoms with E-state index < -0.39 is 9.84 Å². The van der Waals surface area contributed by atoms with E-state index in [0.29, 0.717) is 13.0 Å². The van der Waals surface area contributed by atoms with Crippen molar-refractivity contribution in [3.63, 3.8) is 0 Å². The molecule has 1 aromatic rings. The van der Waals surface area contributed by atoms with Crippen molar-refractivity contribution >= 4 is 21.4 Å². The number of sulfone groups is 1. The number of nitrogens with one attached hydrogen (secondary N) is 1. The van der Waals surface area contributed by atoms with Gasteiger partial charge in [0.05, 0.1) is 50.0 Å². The molecule has 0 spiro atoms. The standard InChI is InChI=1S/C20H31N3O4S/c1-4-27-19-8-6-5-7-18(19)23-12-10-22(11-13-23)16(2)20(24)21(3)17-9-14-28(25,26)15-17/h5-8,16-17H,4,9-15H2,1-3H3/p+1/t16-,17+/m0/s1. The number of rotatable bonds is 6. The van der Waals surface area contributed by atoms with Gasteiger partial charge in [-0.1, -0.05) is 12.1 Å². The van der Waals surface area contributed by atoms with Gasteiger partial charge in [0.25, 0.3) is 5.91 Å². The maximum Gasteiger partial charge on any atom is 0.280 e. The van der Waals surface area contributed by atoms with Crippen molar-refractivity contribution in [2.24, 2.45) is 0 Å². The zero-order chi connectivity index (χ0) is 20.3. The second kappa shape index (κ2) is 8.69. The van der Waals surface area contributed by atoms with Gasteiger partial charge < -0.3 is 19.4 Å². The van der Waals surface area contributed by atoms with Gasteiger partial charge in [-0.15, -0.1) is 0 Å².